The van der Waals surface area contributed by atoms with Crippen molar-refractivity contribution >= 4 is 17.8 Å². The second-order valence-electron chi connectivity index (χ2n) is 5.92. The molecule has 2 saturated heterocycles. The van der Waals surface area contributed by atoms with Gasteiger partial charge in [0.05, 0.1) is 0 Å². The van der Waals surface area contributed by atoms with E-state index in [4.69, 9.17) is 5.11 Å². The van der Waals surface area contributed by atoms with E-state index in [9.17, 15) is 14.4 Å². The third kappa shape index (κ3) is 4.43. The number of nitrogens with zero attached hydrogens (tertiary/aromatic N) is 2. The van der Waals surface area contributed by atoms with Crippen LogP contribution in [0, 0.1) is 0 Å². The van der Waals surface area contributed by atoms with Gasteiger partial charge in [0.25, 0.3) is 0 Å². The van der Waals surface area contributed by atoms with Crippen molar-refractivity contribution in [2.75, 3.05) is 32.7 Å². The van der Waals surface area contributed by atoms with Crippen molar-refractivity contribution in [2.24, 2.45) is 0 Å². The van der Waals surface area contributed by atoms with Gasteiger partial charge in [0.15, 0.2) is 0 Å². The maximum absolute atomic E-state index is 12.0. The van der Waals surface area contributed by atoms with Gasteiger partial charge in [0, 0.05) is 45.6 Å². The fraction of sp³-hybridized carbons (Fsp3) is 0.800. The summed E-state index contributed by atoms with van der Waals surface area (Å²) >= 11 is 0. The SMILES string of the molecule is O=C(O)[C@H]1CCCN1C(=O)CCNCCC(=O)N1CCCC1. The first-order valence-corrected chi connectivity index (χ1v) is 8.10. The van der Waals surface area contributed by atoms with Gasteiger partial charge in [-0.15, -0.1) is 0 Å². The van der Waals surface area contributed by atoms with E-state index < -0.39 is 12.0 Å². The van der Waals surface area contributed by atoms with Crippen molar-refractivity contribution in [3.63, 3.8) is 0 Å². The van der Waals surface area contributed by atoms with Gasteiger partial charge in [-0.25, -0.2) is 4.79 Å². The summed E-state index contributed by atoms with van der Waals surface area (Å²) in [5.41, 5.74) is 0. The van der Waals surface area contributed by atoms with E-state index in [-0.39, 0.29) is 18.2 Å². The lowest BCUT2D eigenvalue weighted by molar-refractivity contribution is -0.148. The number of carbonyl (C=O) groups is 3. The van der Waals surface area contributed by atoms with Crippen LogP contribution in [0.3, 0.4) is 0 Å². The van der Waals surface area contributed by atoms with Crippen molar-refractivity contribution < 1.29 is 19.5 Å². The first kappa shape index (κ1) is 16.7. The second kappa shape index (κ2) is 8.12. The summed E-state index contributed by atoms with van der Waals surface area (Å²) in [6.07, 6.45) is 4.21. The number of rotatable bonds is 7. The number of hydrogen-bond donors (Lipinski definition) is 2. The first-order chi connectivity index (χ1) is 10.6. The van der Waals surface area contributed by atoms with Crippen LogP contribution in [0.5, 0.6) is 0 Å². The maximum Gasteiger partial charge on any atom is 0.326 e. The highest BCUT2D eigenvalue weighted by Gasteiger charge is 2.33. The van der Waals surface area contributed by atoms with Gasteiger partial charge in [-0.1, -0.05) is 0 Å². The lowest BCUT2D eigenvalue weighted by Gasteiger charge is -2.21. The molecule has 2 N–H and O–H groups in total. The van der Waals surface area contributed by atoms with Crippen LogP contribution in [-0.4, -0.2) is 71.5 Å². The van der Waals surface area contributed by atoms with Gasteiger partial charge in [-0.05, 0) is 25.7 Å². The first-order valence-electron chi connectivity index (χ1n) is 8.10. The zero-order valence-corrected chi connectivity index (χ0v) is 12.9. The van der Waals surface area contributed by atoms with Crippen molar-refractivity contribution in [2.45, 2.75) is 44.6 Å². The Kier molecular flexibility index (Phi) is 6.18. The fourth-order valence-corrected chi connectivity index (χ4v) is 3.11. The molecule has 2 rings (SSSR count). The molecule has 0 aromatic carbocycles. The van der Waals surface area contributed by atoms with Gasteiger partial charge in [-0.2, -0.15) is 0 Å². The second-order valence-corrected chi connectivity index (χ2v) is 5.92. The summed E-state index contributed by atoms with van der Waals surface area (Å²) in [6.45, 7) is 3.30. The number of likely N-dealkylation sites (tertiary alicyclic amines) is 2. The molecule has 0 aromatic rings. The van der Waals surface area contributed by atoms with Crippen molar-refractivity contribution in [3.05, 3.63) is 0 Å². The number of nitrogens with one attached hydrogen (secondary N) is 1. The van der Waals surface area contributed by atoms with Crippen LogP contribution in [0.15, 0.2) is 0 Å². The molecule has 2 fully saturated rings. The lowest BCUT2D eigenvalue weighted by atomic mass is 10.2. The normalized spacial score (nSPS) is 21.4. The van der Waals surface area contributed by atoms with Crippen LogP contribution in [0.2, 0.25) is 0 Å². The van der Waals surface area contributed by atoms with Crippen LogP contribution in [-0.2, 0) is 14.4 Å². The van der Waals surface area contributed by atoms with Gasteiger partial charge < -0.3 is 20.2 Å². The molecule has 0 saturated carbocycles. The van der Waals surface area contributed by atoms with E-state index in [2.05, 4.69) is 5.32 Å². The van der Waals surface area contributed by atoms with Crippen molar-refractivity contribution in [1.29, 1.82) is 0 Å². The molecular formula is C15H25N3O4. The van der Waals surface area contributed by atoms with E-state index in [1.54, 1.807) is 0 Å². The van der Waals surface area contributed by atoms with Gasteiger partial charge in [0.2, 0.25) is 11.8 Å². The Balaban J connectivity index is 1.59. The summed E-state index contributed by atoms with van der Waals surface area (Å²) in [7, 11) is 0. The number of carboxylic acids is 1. The molecule has 0 unspecified atom stereocenters. The van der Waals surface area contributed by atoms with Crippen LogP contribution in [0.25, 0.3) is 0 Å². The molecule has 22 heavy (non-hydrogen) atoms. The lowest BCUT2D eigenvalue weighted by Crippen LogP contribution is -2.41. The highest BCUT2D eigenvalue weighted by Crippen LogP contribution is 2.18. The molecule has 0 spiro atoms. The fourth-order valence-electron chi connectivity index (χ4n) is 3.11. The molecule has 0 radical (unpaired) electrons. The molecule has 1 atom stereocenters. The number of carbonyl (C=O) groups excluding carboxylic acids is 2. The Labute approximate surface area is 130 Å². The van der Waals surface area contributed by atoms with Crippen molar-refractivity contribution in [3.8, 4) is 0 Å². The monoisotopic (exact) mass is 311 g/mol. The highest BCUT2D eigenvalue weighted by atomic mass is 16.4. The quantitative estimate of drug-likeness (QED) is 0.649. The Morgan fingerprint density at radius 2 is 1.59 bits per heavy atom. The number of hydrogen-bond acceptors (Lipinski definition) is 4. The molecule has 2 aliphatic rings. The van der Waals surface area contributed by atoms with E-state index in [0.717, 1.165) is 32.4 Å². The summed E-state index contributed by atoms with van der Waals surface area (Å²) in [5.74, 6) is -0.875. The molecule has 2 heterocycles. The van der Waals surface area contributed by atoms with Gasteiger partial charge in [-0.3, -0.25) is 9.59 Å². The molecule has 2 amide bonds. The van der Waals surface area contributed by atoms with E-state index >= 15 is 0 Å². The van der Waals surface area contributed by atoms with Crippen LogP contribution in [0.1, 0.15) is 38.5 Å². The Hall–Kier alpha value is -1.63. The number of amides is 2. The van der Waals surface area contributed by atoms with Crippen LogP contribution >= 0.6 is 0 Å². The Morgan fingerprint density at radius 3 is 2.23 bits per heavy atom. The van der Waals surface area contributed by atoms with E-state index in [0.29, 0.717) is 32.5 Å². The number of aliphatic carboxylic acids is 1. The topological polar surface area (TPSA) is 90.0 Å². The molecule has 0 bridgehead atoms. The average Bonchev–Trinajstić information content (AvgIpc) is 3.17. The molecule has 0 aliphatic carbocycles. The molecular weight excluding hydrogens is 286 g/mol. The highest BCUT2D eigenvalue weighted by molar-refractivity contribution is 5.84. The largest absolute Gasteiger partial charge is 0.480 e. The molecule has 7 nitrogen and oxygen atoms in total. The summed E-state index contributed by atoms with van der Waals surface area (Å²) in [5, 5.41) is 12.2. The maximum atomic E-state index is 12.0. The molecule has 2 aliphatic heterocycles. The standard InChI is InChI=1S/C15H25N3O4/c19-13(17-9-1-2-10-17)5-7-16-8-6-14(20)18-11-3-4-12(18)15(21)22/h12,16H,1-11H2,(H,21,22)/t12-/m1/s1. The zero-order chi connectivity index (χ0) is 15.9. The summed E-state index contributed by atoms with van der Waals surface area (Å²) < 4.78 is 0. The zero-order valence-electron chi connectivity index (χ0n) is 12.9. The van der Waals surface area contributed by atoms with Crippen LogP contribution in [0.4, 0.5) is 0 Å². The molecule has 0 aromatic heterocycles. The van der Waals surface area contributed by atoms with E-state index in [1.165, 1.54) is 4.90 Å². The minimum Gasteiger partial charge on any atom is -0.480 e. The Bertz CT molecular complexity index is 421. The predicted molar refractivity (Wildman–Crippen MR) is 80.3 cm³/mol. The average molecular weight is 311 g/mol. The summed E-state index contributed by atoms with van der Waals surface area (Å²) in [4.78, 5) is 38.2. The van der Waals surface area contributed by atoms with Crippen LogP contribution < -0.4 is 5.32 Å². The Morgan fingerprint density at radius 1 is 0.955 bits per heavy atom. The number of carboxylic acid groups (broad SMARTS) is 1. The smallest absolute Gasteiger partial charge is 0.326 e. The van der Waals surface area contributed by atoms with Gasteiger partial charge in [0.1, 0.15) is 6.04 Å². The third-order valence-corrected chi connectivity index (χ3v) is 4.35. The molecule has 7 heteroatoms. The minimum absolute atomic E-state index is 0.122. The van der Waals surface area contributed by atoms with Gasteiger partial charge >= 0.3 is 5.97 Å². The van der Waals surface area contributed by atoms with Crippen molar-refractivity contribution in [1.82, 2.24) is 15.1 Å². The predicted octanol–water partition coefficient (Wildman–Crippen LogP) is 0.0542. The minimum atomic E-state index is -0.921. The third-order valence-electron chi connectivity index (χ3n) is 4.35. The van der Waals surface area contributed by atoms with E-state index in [1.807, 2.05) is 4.90 Å². The molecule has 124 valence electrons. The summed E-state index contributed by atoms with van der Waals surface area (Å²) in [6, 6.07) is -0.663.